The van der Waals surface area contributed by atoms with E-state index in [9.17, 15) is 4.79 Å². The Kier molecular flexibility index (Phi) is 7.10. The summed E-state index contributed by atoms with van der Waals surface area (Å²) < 4.78 is 10.8. The van der Waals surface area contributed by atoms with Crippen LogP contribution in [-0.4, -0.2) is 25.3 Å². The lowest BCUT2D eigenvalue weighted by molar-refractivity contribution is -0.182. The number of ether oxygens (including phenoxy) is 2. The smallest absolute Gasteiger partial charge is 0.157 e. The van der Waals surface area contributed by atoms with Gasteiger partial charge in [0, 0.05) is 19.3 Å². The van der Waals surface area contributed by atoms with Crippen molar-refractivity contribution in [3.05, 3.63) is 12.2 Å². The Morgan fingerprint density at radius 2 is 2.00 bits per heavy atom. The lowest BCUT2D eigenvalue weighted by Gasteiger charge is -2.22. The molecule has 0 amide bonds. The number of carbonyl (C=O) groups excluding carboxylic acids is 1. The van der Waals surface area contributed by atoms with Crippen LogP contribution < -0.4 is 0 Å². The Labute approximate surface area is 97.8 Å². The fourth-order valence-electron chi connectivity index (χ4n) is 1.64. The van der Waals surface area contributed by atoms with Crippen molar-refractivity contribution in [1.82, 2.24) is 0 Å². The molecule has 0 aromatic rings. The molecular formula is C13H22O3. The second-order valence-electron chi connectivity index (χ2n) is 4.02. The molecule has 0 N–H and O–H groups in total. The SMILES string of the molecule is CCC=CCCC(=O)CCC1OCCCO1. The van der Waals surface area contributed by atoms with E-state index in [0.29, 0.717) is 25.0 Å². The van der Waals surface area contributed by atoms with Crippen LogP contribution in [0.25, 0.3) is 0 Å². The number of ketones is 1. The van der Waals surface area contributed by atoms with Crippen molar-refractivity contribution in [3.8, 4) is 0 Å². The van der Waals surface area contributed by atoms with Crippen molar-refractivity contribution in [2.45, 2.75) is 51.7 Å². The predicted molar refractivity (Wildman–Crippen MR) is 63.2 cm³/mol. The van der Waals surface area contributed by atoms with E-state index in [1.54, 1.807) is 0 Å². The van der Waals surface area contributed by atoms with Gasteiger partial charge in [-0.25, -0.2) is 0 Å². The zero-order chi connectivity index (χ0) is 11.6. The molecule has 0 aromatic heterocycles. The molecule has 0 saturated carbocycles. The Balaban J connectivity index is 2.02. The summed E-state index contributed by atoms with van der Waals surface area (Å²) in [5.74, 6) is 0.304. The molecular weight excluding hydrogens is 204 g/mol. The lowest BCUT2D eigenvalue weighted by Crippen LogP contribution is -2.25. The molecule has 92 valence electrons. The zero-order valence-electron chi connectivity index (χ0n) is 10.1. The summed E-state index contributed by atoms with van der Waals surface area (Å²) in [6.07, 6.45) is 8.81. The van der Waals surface area contributed by atoms with Gasteiger partial charge in [0.2, 0.25) is 0 Å². The highest BCUT2D eigenvalue weighted by atomic mass is 16.7. The minimum atomic E-state index is -0.149. The van der Waals surface area contributed by atoms with Crippen molar-refractivity contribution >= 4 is 5.78 Å². The average Bonchev–Trinajstić information content (AvgIpc) is 2.33. The van der Waals surface area contributed by atoms with Gasteiger partial charge in [0.15, 0.2) is 6.29 Å². The van der Waals surface area contributed by atoms with Gasteiger partial charge in [-0.3, -0.25) is 4.79 Å². The van der Waals surface area contributed by atoms with Crippen LogP contribution in [0.2, 0.25) is 0 Å². The van der Waals surface area contributed by atoms with E-state index >= 15 is 0 Å². The van der Waals surface area contributed by atoms with Crippen LogP contribution in [0.1, 0.15) is 45.4 Å². The zero-order valence-corrected chi connectivity index (χ0v) is 10.1. The Morgan fingerprint density at radius 1 is 1.25 bits per heavy atom. The van der Waals surface area contributed by atoms with E-state index in [1.165, 1.54) is 0 Å². The summed E-state index contributed by atoms with van der Waals surface area (Å²) in [6.45, 7) is 3.62. The molecule has 1 aliphatic rings. The van der Waals surface area contributed by atoms with Gasteiger partial charge in [-0.2, -0.15) is 0 Å². The molecule has 0 atom stereocenters. The normalized spacial score (nSPS) is 18.1. The minimum absolute atomic E-state index is 0.149. The molecule has 16 heavy (non-hydrogen) atoms. The van der Waals surface area contributed by atoms with Crippen LogP contribution >= 0.6 is 0 Å². The Morgan fingerprint density at radius 3 is 2.69 bits per heavy atom. The topological polar surface area (TPSA) is 35.5 Å². The quantitative estimate of drug-likeness (QED) is 0.626. The summed E-state index contributed by atoms with van der Waals surface area (Å²) >= 11 is 0. The molecule has 1 heterocycles. The van der Waals surface area contributed by atoms with Gasteiger partial charge in [0.1, 0.15) is 5.78 Å². The number of hydrogen-bond acceptors (Lipinski definition) is 3. The molecule has 3 nitrogen and oxygen atoms in total. The van der Waals surface area contributed by atoms with Crippen LogP contribution in [0, 0.1) is 0 Å². The van der Waals surface area contributed by atoms with Gasteiger partial charge < -0.3 is 9.47 Å². The second kappa shape index (κ2) is 8.48. The first-order valence-corrected chi connectivity index (χ1v) is 6.23. The van der Waals surface area contributed by atoms with E-state index in [0.717, 1.165) is 32.5 Å². The maximum absolute atomic E-state index is 11.5. The summed E-state index contributed by atoms with van der Waals surface area (Å²) in [5.41, 5.74) is 0. The highest BCUT2D eigenvalue weighted by Crippen LogP contribution is 2.11. The monoisotopic (exact) mass is 226 g/mol. The van der Waals surface area contributed by atoms with E-state index in [4.69, 9.17) is 9.47 Å². The van der Waals surface area contributed by atoms with Crippen molar-refractivity contribution in [2.75, 3.05) is 13.2 Å². The molecule has 0 bridgehead atoms. The second-order valence-corrected chi connectivity index (χ2v) is 4.02. The average molecular weight is 226 g/mol. The fourth-order valence-corrected chi connectivity index (χ4v) is 1.64. The molecule has 1 saturated heterocycles. The first kappa shape index (κ1) is 13.4. The third-order valence-electron chi connectivity index (χ3n) is 2.55. The van der Waals surface area contributed by atoms with Crippen LogP contribution in [0.15, 0.2) is 12.2 Å². The van der Waals surface area contributed by atoms with Crippen LogP contribution in [0.4, 0.5) is 0 Å². The van der Waals surface area contributed by atoms with Gasteiger partial charge in [0.05, 0.1) is 13.2 Å². The van der Waals surface area contributed by atoms with E-state index < -0.39 is 0 Å². The van der Waals surface area contributed by atoms with Gasteiger partial charge in [-0.05, 0) is 19.3 Å². The first-order chi connectivity index (χ1) is 7.83. The minimum Gasteiger partial charge on any atom is -0.353 e. The van der Waals surface area contributed by atoms with Crippen LogP contribution in [0.3, 0.4) is 0 Å². The third-order valence-corrected chi connectivity index (χ3v) is 2.55. The summed E-state index contributed by atoms with van der Waals surface area (Å²) in [7, 11) is 0. The molecule has 0 spiro atoms. The Bertz CT molecular complexity index is 217. The van der Waals surface area contributed by atoms with Crippen molar-refractivity contribution in [3.63, 3.8) is 0 Å². The number of hydrogen-bond donors (Lipinski definition) is 0. The largest absolute Gasteiger partial charge is 0.353 e. The van der Waals surface area contributed by atoms with Crippen molar-refractivity contribution < 1.29 is 14.3 Å². The molecule has 1 aliphatic heterocycles. The molecule has 0 aromatic carbocycles. The van der Waals surface area contributed by atoms with Crippen LogP contribution in [0.5, 0.6) is 0 Å². The summed E-state index contributed by atoms with van der Waals surface area (Å²) in [6, 6.07) is 0. The van der Waals surface area contributed by atoms with Crippen molar-refractivity contribution in [1.29, 1.82) is 0 Å². The molecule has 0 aliphatic carbocycles. The molecule has 0 unspecified atom stereocenters. The third kappa shape index (κ3) is 6.03. The van der Waals surface area contributed by atoms with Gasteiger partial charge in [0.25, 0.3) is 0 Å². The molecule has 1 fully saturated rings. The van der Waals surface area contributed by atoms with E-state index in [2.05, 4.69) is 19.1 Å². The molecule has 1 rings (SSSR count). The number of allylic oxidation sites excluding steroid dienone is 2. The lowest BCUT2D eigenvalue weighted by atomic mass is 10.1. The van der Waals surface area contributed by atoms with E-state index in [-0.39, 0.29) is 6.29 Å². The van der Waals surface area contributed by atoms with E-state index in [1.807, 2.05) is 0 Å². The maximum Gasteiger partial charge on any atom is 0.157 e. The highest BCUT2D eigenvalue weighted by molar-refractivity contribution is 5.78. The number of carbonyl (C=O) groups is 1. The van der Waals surface area contributed by atoms with Gasteiger partial charge in [-0.1, -0.05) is 19.1 Å². The highest BCUT2D eigenvalue weighted by Gasteiger charge is 2.15. The maximum atomic E-state index is 11.5. The first-order valence-electron chi connectivity index (χ1n) is 6.23. The van der Waals surface area contributed by atoms with Gasteiger partial charge >= 0.3 is 0 Å². The number of Topliss-reactive ketones (excluding diaryl/α,β-unsaturated/α-hetero) is 1. The predicted octanol–water partition coefficient (Wildman–Crippen LogP) is 2.85. The van der Waals surface area contributed by atoms with Crippen molar-refractivity contribution in [2.24, 2.45) is 0 Å². The summed E-state index contributed by atoms with van der Waals surface area (Å²) in [4.78, 5) is 11.5. The standard InChI is InChI=1S/C13H22O3/c1-2-3-4-5-7-12(14)8-9-13-15-10-6-11-16-13/h3-4,13H,2,5-11H2,1H3. The van der Waals surface area contributed by atoms with Crippen LogP contribution in [-0.2, 0) is 14.3 Å². The molecule has 3 heteroatoms. The fraction of sp³-hybridized carbons (Fsp3) is 0.769. The molecule has 0 radical (unpaired) electrons. The Hall–Kier alpha value is -0.670. The number of rotatable bonds is 7. The van der Waals surface area contributed by atoms with Gasteiger partial charge in [-0.15, -0.1) is 0 Å². The summed E-state index contributed by atoms with van der Waals surface area (Å²) in [5, 5.41) is 0.